The highest BCUT2D eigenvalue weighted by Crippen LogP contribution is 2.32. The lowest BCUT2D eigenvalue weighted by Crippen LogP contribution is -2.43. The number of nitrogens with one attached hydrogen (secondary N) is 1. The molecule has 1 aliphatic heterocycles. The average Bonchev–Trinajstić information content (AvgIpc) is 3.06. The lowest BCUT2D eigenvalue weighted by atomic mass is 9.82. The van der Waals surface area contributed by atoms with E-state index < -0.39 is 0 Å². The van der Waals surface area contributed by atoms with Crippen LogP contribution in [0, 0.1) is 0 Å². The van der Waals surface area contributed by atoms with Crippen molar-refractivity contribution in [1.29, 1.82) is 0 Å². The first-order valence-electron chi connectivity index (χ1n) is 8.47. The summed E-state index contributed by atoms with van der Waals surface area (Å²) in [4.78, 5) is 12.2. The lowest BCUT2D eigenvalue weighted by Gasteiger charge is -2.30. The zero-order valence-electron chi connectivity index (χ0n) is 13.4. The van der Waals surface area contributed by atoms with Gasteiger partial charge in [0.05, 0.1) is 6.10 Å². The van der Waals surface area contributed by atoms with Crippen molar-refractivity contribution in [1.82, 2.24) is 5.32 Å². The zero-order chi connectivity index (χ0) is 15.4. The minimum absolute atomic E-state index is 0. The Morgan fingerprint density at radius 1 is 1.09 bits per heavy atom. The standard InChI is InChI=1S/C18H26N2O2.ClH/c19-12-16-10-11-17(22-16)18(21)20-15-8-6-14(7-9-15)13-4-2-1-3-5-13;/h1-5,14-17H,6-12,19H2,(H,20,21);1H/t14?,15?,16-,17+;/m1./s1. The minimum atomic E-state index is -0.291. The number of ether oxygens (including phenoxy) is 1. The van der Waals surface area contributed by atoms with Gasteiger partial charge in [-0.25, -0.2) is 0 Å². The molecule has 1 amide bonds. The van der Waals surface area contributed by atoms with Gasteiger partial charge in [0, 0.05) is 12.6 Å². The maximum Gasteiger partial charge on any atom is 0.249 e. The number of carbonyl (C=O) groups is 1. The molecule has 1 saturated carbocycles. The van der Waals surface area contributed by atoms with Gasteiger partial charge in [-0.15, -0.1) is 12.4 Å². The number of rotatable bonds is 4. The first kappa shape index (κ1) is 18.2. The van der Waals surface area contributed by atoms with Gasteiger partial charge in [-0.2, -0.15) is 0 Å². The molecule has 23 heavy (non-hydrogen) atoms. The smallest absolute Gasteiger partial charge is 0.249 e. The van der Waals surface area contributed by atoms with Crippen LogP contribution in [0.1, 0.15) is 50.0 Å². The molecule has 0 unspecified atom stereocenters. The highest BCUT2D eigenvalue weighted by Gasteiger charge is 2.32. The molecule has 0 spiro atoms. The van der Waals surface area contributed by atoms with E-state index in [-0.39, 0.29) is 30.5 Å². The van der Waals surface area contributed by atoms with Crippen molar-refractivity contribution in [2.45, 2.75) is 62.7 Å². The third-order valence-electron chi connectivity index (χ3n) is 5.01. The Bertz CT molecular complexity index is 489. The Labute approximate surface area is 144 Å². The first-order valence-corrected chi connectivity index (χ1v) is 8.47. The van der Waals surface area contributed by atoms with Crippen LogP contribution in [0.3, 0.4) is 0 Å². The van der Waals surface area contributed by atoms with Crippen molar-refractivity contribution < 1.29 is 9.53 Å². The fourth-order valence-electron chi connectivity index (χ4n) is 3.66. The van der Waals surface area contributed by atoms with E-state index in [4.69, 9.17) is 10.5 Å². The molecule has 3 N–H and O–H groups in total. The van der Waals surface area contributed by atoms with Crippen LogP contribution < -0.4 is 11.1 Å². The molecule has 0 aromatic heterocycles. The van der Waals surface area contributed by atoms with Crippen LogP contribution in [0.15, 0.2) is 30.3 Å². The molecular weight excluding hydrogens is 312 g/mol. The molecule has 2 aliphatic rings. The third-order valence-corrected chi connectivity index (χ3v) is 5.01. The van der Waals surface area contributed by atoms with Gasteiger partial charge in [-0.05, 0) is 50.0 Å². The number of benzene rings is 1. The van der Waals surface area contributed by atoms with E-state index in [1.54, 1.807) is 0 Å². The van der Waals surface area contributed by atoms with Crippen molar-refractivity contribution in [3.05, 3.63) is 35.9 Å². The lowest BCUT2D eigenvalue weighted by molar-refractivity contribution is -0.132. The van der Waals surface area contributed by atoms with Crippen LogP contribution in [-0.4, -0.2) is 30.7 Å². The Morgan fingerprint density at radius 3 is 2.39 bits per heavy atom. The predicted octanol–water partition coefficient (Wildman–Crippen LogP) is 2.76. The van der Waals surface area contributed by atoms with Crippen molar-refractivity contribution in [2.75, 3.05) is 6.54 Å². The summed E-state index contributed by atoms with van der Waals surface area (Å²) in [5.74, 6) is 0.692. The SMILES string of the molecule is Cl.NC[C@H]1CC[C@@H](C(=O)NC2CCC(c3ccccc3)CC2)O1. The first-order chi connectivity index (χ1) is 10.8. The normalized spacial score (nSPS) is 30.5. The van der Waals surface area contributed by atoms with Gasteiger partial charge < -0.3 is 15.8 Å². The summed E-state index contributed by atoms with van der Waals surface area (Å²) in [6.45, 7) is 0.506. The highest BCUT2D eigenvalue weighted by atomic mass is 35.5. The number of nitrogens with two attached hydrogens (primary N) is 1. The van der Waals surface area contributed by atoms with Crippen LogP contribution in [0.25, 0.3) is 0 Å². The number of amides is 1. The van der Waals surface area contributed by atoms with Crippen LogP contribution >= 0.6 is 12.4 Å². The van der Waals surface area contributed by atoms with E-state index in [2.05, 4.69) is 35.6 Å². The van der Waals surface area contributed by atoms with Gasteiger partial charge in [0.25, 0.3) is 0 Å². The fraction of sp³-hybridized carbons (Fsp3) is 0.611. The van der Waals surface area contributed by atoms with Gasteiger partial charge in [-0.1, -0.05) is 30.3 Å². The van der Waals surface area contributed by atoms with Crippen molar-refractivity contribution in [3.63, 3.8) is 0 Å². The second kappa shape index (κ2) is 8.67. The molecule has 1 aliphatic carbocycles. The van der Waals surface area contributed by atoms with Gasteiger partial charge in [-0.3, -0.25) is 4.79 Å². The molecule has 5 heteroatoms. The van der Waals surface area contributed by atoms with E-state index in [9.17, 15) is 4.79 Å². The molecule has 1 saturated heterocycles. The second-order valence-electron chi connectivity index (χ2n) is 6.53. The zero-order valence-corrected chi connectivity index (χ0v) is 14.3. The monoisotopic (exact) mass is 338 g/mol. The Morgan fingerprint density at radius 2 is 1.78 bits per heavy atom. The third kappa shape index (κ3) is 4.69. The fourth-order valence-corrected chi connectivity index (χ4v) is 3.66. The van der Waals surface area contributed by atoms with Crippen LogP contribution in [-0.2, 0) is 9.53 Å². The van der Waals surface area contributed by atoms with Gasteiger partial charge in [0.2, 0.25) is 5.91 Å². The molecular formula is C18H27ClN2O2. The molecule has 2 fully saturated rings. The topological polar surface area (TPSA) is 64.4 Å². The quantitative estimate of drug-likeness (QED) is 0.887. The van der Waals surface area contributed by atoms with Crippen LogP contribution in [0.5, 0.6) is 0 Å². The molecule has 3 rings (SSSR count). The molecule has 1 heterocycles. The maximum absolute atomic E-state index is 12.2. The molecule has 0 bridgehead atoms. The Balaban J connectivity index is 0.00000192. The summed E-state index contributed by atoms with van der Waals surface area (Å²) in [6, 6.07) is 11.0. The van der Waals surface area contributed by atoms with E-state index in [0.29, 0.717) is 18.5 Å². The van der Waals surface area contributed by atoms with E-state index in [1.807, 2.05) is 0 Å². The number of carbonyl (C=O) groups excluding carboxylic acids is 1. The summed E-state index contributed by atoms with van der Waals surface area (Å²) in [5.41, 5.74) is 7.02. The van der Waals surface area contributed by atoms with Crippen molar-refractivity contribution >= 4 is 18.3 Å². The highest BCUT2D eigenvalue weighted by molar-refractivity contribution is 5.85. The van der Waals surface area contributed by atoms with E-state index in [1.165, 1.54) is 5.56 Å². The Kier molecular flexibility index (Phi) is 6.88. The summed E-state index contributed by atoms with van der Waals surface area (Å²) < 4.78 is 5.67. The molecule has 128 valence electrons. The average molecular weight is 339 g/mol. The number of hydrogen-bond donors (Lipinski definition) is 2. The minimum Gasteiger partial charge on any atom is -0.364 e. The maximum atomic E-state index is 12.2. The summed E-state index contributed by atoms with van der Waals surface area (Å²) in [6.07, 6.45) is 5.86. The molecule has 2 atom stereocenters. The van der Waals surface area contributed by atoms with E-state index in [0.717, 1.165) is 38.5 Å². The van der Waals surface area contributed by atoms with Gasteiger partial charge in [0.1, 0.15) is 6.10 Å². The molecule has 4 nitrogen and oxygen atoms in total. The molecule has 0 radical (unpaired) electrons. The summed E-state index contributed by atoms with van der Waals surface area (Å²) in [5, 5.41) is 3.17. The van der Waals surface area contributed by atoms with Gasteiger partial charge >= 0.3 is 0 Å². The number of halogens is 1. The summed E-state index contributed by atoms with van der Waals surface area (Å²) >= 11 is 0. The number of hydrogen-bond acceptors (Lipinski definition) is 3. The predicted molar refractivity (Wildman–Crippen MR) is 93.8 cm³/mol. The van der Waals surface area contributed by atoms with Crippen LogP contribution in [0.2, 0.25) is 0 Å². The largest absolute Gasteiger partial charge is 0.364 e. The van der Waals surface area contributed by atoms with E-state index >= 15 is 0 Å². The van der Waals surface area contributed by atoms with Crippen molar-refractivity contribution in [3.8, 4) is 0 Å². The molecule has 1 aromatic rings. The van der Waals surface area contributed by atoms with Crippen molar-refractivity contribution in [2.24, 2.45) is 5.73 Å². The van der Waals surface area contributed by atoms with Crippen LogP contribution in [0.4, 0.5) is 0 Å². The Hall–Kier alpha value is -1.10. The summed E-state index contributed by atoms with van der Waals surface area (Å²) in [7, 11) is 0. The van der Waals surface area contributed by atoms with Gasteiger partial charge in [0.15, 0.2) is 0 Å². The second-order valence-corrected chi connectivity index (χ2v) is 6.53. The molecule has 1 aromatic carbocycles.